The second-order valence-corrected chi connectivity index (χ2v) is 6.30. The lowest BCUT2D eigenvalue weighted by Gasteiger charge is -2.25. The Hall–Kier alpha value is -1.40. The molecule has 0 radical (unpaired) electrons. The van der Waals surface area contributed by atoms with Gasteiger partial charge in [0, 0.05) is 13.1 Å². The van der Waals surface area contributed by atoms with Crippen LogP contribution in [0.3, 0.4) is 0 Å². The Morgan fingerprint density at radius 3 is 2.72 bits per heavy atom. The predicted molar refractivity (Wildman–Crippen MR) is 67.9 cm³/mol. The minimum absolute atomic E-state index is 0.0519. The molecule has 6 heteroatoms. The first kappa shape index (κ1) is 13.0. The van der Waals surface area contributed by atoms with E-state index in [4.69, 9.17) is 5.73 Å². The van der Waals surface area contributed by atoms with E-state index in [9.17, 15) is 12.8 Å². The maximum atomic E-state index is 13.3. The average Bonchev–Trinajstić information content (AvgIpc) is 2.32. The monoisotopic (exact) mass is 270 g/mol. The van der Waals surface area contributed by atoms with E-state index in [1.165, 1.54) is 16.4 Å². The van der Waals surface area contributed by atoms with Crippen molar-refractivity contribution in [2.24, 2.45) is 0 Å². The van der Waals surface area contributed by atoms with Gasteiger partial charge in [0.1, 0.15) is 5.82 Å². The Morgan fingerprint density at radius 1 is 1.39 bits per heavy atom. The van der Waals surface area contributed by atoms with Crippen LogP contribution in [0.25, 0.3) is 0 Å². The molecule has 0 spiro atoms. The molecule has 1 aromatic rings. The zero-order valence-electron chi connectivity index (χ0n) is 10.1. The lowest BCUT2D eigenvalue weighted by molar-refractivity contribution is 0.427. The van der Waals surface area contributed by atoms with E-state index in [2.05, 4.69) is 0 Å². The van der Waals surface area contributed by atoms with Crippen LogP contribution in [-0.4, -0.2) is 25.8 Å². The van der Waals surface area contributed by atoms with Crippen molar-refractivity contribution in [1.29, 1.82) is 0 Å². The molecule has 1 heterocycles. The number of sulfonamides is 1. The topological polar surface area (TPSA) is 63.4 Å². The fourth-order valence-corrected chi connectivity index (χ4v) is 3.41. The Labute approximate surface area is 106 Å². The maximum Gasteiger partial charge on any atom is 0.243 e. The Morgan fingerprint density at radius 2 is 2.11 bits per heavy atom. The summed E-state index contributed by atoms with van der Waals surface area (Å²) in [7, 11) is -3.64. The van der Waals surface area contributed by atoms with Crippen molar-refractivity contribution < 1.29 is 12.8 Å². The number of hydrogen-bond acceptors (Lipinski definition) is 3. The van der Waals surface area contributed by atoms with Crippen molar-refractivity contribution in [1.82, 2.24) is 4.31 Å². The summed E-state index contributed by atoms with van der Waals surface area (Å²) in [5, 5.41) is 0. The minimum Gasteiger partial charge on any atom is -0.396 e. The Balaban J connectivity index is 2.36. The summed E-state index contributed by atoms with van der Waals surface area (Å²) >= 11 is 0. The van der Waals surface area contributed by atoms with Gasteiger partial charge in [-0.25, -0.2) is 12.8 Å². The summed E-state index contributed by atoms with van der Waals surface area (Å²) in [6.07, 6.45) is 2.69. The number of rotatable bonds is 2. The molecule has 0 saturated heterocycles. The first-order valence-electron chi connectivity index (χ1n) is 5.62. The lowest BCUT2D eigenvalue weighted by Crippen LogP contribution is -2.35. The molecule has 1 aliphatic rings. The molecule has 2 rings (SSSR count). The maximum absolute atomic E-state index is 13.3. The molecule has 0 fully saturated rings. The molecule has 0 aromatic heterocycles. The van der Waals surface area contributed by atoms with E-state index >= 15 is 0 Å². The van der Waals surface area contributed by atoms with Gasteiger partial charge in [-0.1, -0.05) is 11.6 Å². The summed E-state index contributed by atoms with van der Waals surface area (Å²) in [6, 6.07) is 3.58. The Kier molecular flexibility index (Phi) is 3.41. The van der Waals surface area contributed by atoms with Gasteiger partial charge in [-0.3, -0.25) is 0 Å². The summed E-state index contributed by atoms with van der Waals surface area (Å²) in [5.74, 6) is -0.708. The van der Waals surface area contributed by atoms with Crippen molar-refractivity contribution in [3.63, 3.8) is 0 Å². The highest BCUT2D eigenvalue weighted by Gasteiger charge is 2.26. The van der Waals surface area contributed by atoms with E-state index in [0.717, 1.165) is 11.6 Å². The van der Waals surface area contributed by atoms with Crippen molar-refractivity contribution in [3.05, 3.63) is 35.7 Å². The summed E-state index contributed by atoms with van der Waals surface area (Å²) in [4.78, 5) is -0.0519. The zero-order chi connectivity index (χ0) is 13.3. The van der Waals surface area contributed by atoms with E-state index in [1.54, 1.807) is 0 Å². The lowest BCUT2D eigenvalue weighted by atomic mass is 10.2. The van der Waals surface area contributed by atoms with Crippen molar-refractivity contribution in [2.75, 3.05) is 18.8 Å². The summed E-state index contributed by atoms with van der Waals surface area (Å²) in [6.45, 7) is 2.66. The van der Waals surface area contributed by atoms with E-state index in [0.29, 0.717) is 19.5 Å². The van der Waals surface area contributed by atoms with E-state index < -0.39 is 15.8 Å². The quantitative estimate of drug-likeness (QED) is 0.658. The molecule has 1 aromatic carbocycles. The van der Waals surface area contributed by atoms with Crippen LogP contribution in [0.4, 0.5) is 10.1 Å². The SMILES string of the molecule is CC1=CCCN(S(=O)(=O)c2ccc(N)c(F)c2)C1. The van der Waals surface area contributed by atoms with Crippen molar-refractivity contribution >= 4 is 15.7 Å². The molecule has 0 unspecified atom stereocenters. The molecule has 0 bridgehead atoms. The molecule has 0 aliphatic carbocycles. The Bertz CT molecular complexity index is 596. The van der Waals surface area contributed by atoms with Gasteiger partial charge in [0.15, 0.2) is 0 Å². The van der Waals surface area contributed by atoms with Crippen LogP contribution in [0, 0.1) is 5.82 Å². The number of halogens is 1. The number of hydrogen-bond donors (Lipinski definition) is 1. The van der Waals surface area contributed by atoms with Crippen LogP contribution in [0.2, 0.25) is 0 Å². The van der Waals surface area contributed by atoms with Gasteiger partial charge in [-0.2, -0.15) is 4.31 Å². The first-order chi connectivity index (χ1) is 8.41. The molecular weight excluding hydrogens is 255 g/mol. The van der Waals surface area contributed by atoms with Crippen LogP contribution >= 0.6 is 0 Å². The van der Waals surface area contributed by atoms with Gasteiger partial charge in [0.25, 0.3) is 0 Å². The van der Waals surface area contributed by atoms with Crippen molar-refractivity contribution in [3.8, 4) is 0 Å². The summed E-state index contributed by atoms with van der Waals surface area (Å²) in [5.41, 5.74) is 6.29. The molecule has 1 aliphatic heterocycles. The largest absolute Gasteiger partial charge is 0.396 e. The zero-order valence-corrected chi connectivity index (χ0v) is 10.9. The van der Waals surface area contributed by atoms with Gasteiger partial charge in [0.2, 0.25) is 10.0 Å². The van der Waals surface area contributed by atoms with Gasteiger partial charge in [-0.05, 0) is 31.5 Å². The van der Waals surface area contributed by atoms with Gasteiger partial charge in [-0.15, -0.1) is 0 Å². The fourth-order valence-electron chi connectivity index (χ4n) is 1.90. The third-order valence-electron chi connectivity index (χ3n) is 2.91. The van der Waals surface area contributed by atoms with Gasteiger partial charge in [0.05, 0.1) is 10.6 Å². The van der Waals surface area contributed by atoms with Crippen LogP contribution in [0.15, 0.2) is 34.7 Å². The molecule has 0 atom stereocenters. The van der Waals surface area contributed by atoms with Crippen LogP contribution in [0.1, 0.15) is 13.3 Å². The third-order valence-corrected chi connectivity index (χ3v) is 4.75. The van der Waals surface area contributed by atoms with Crippen molar-refractivity contribution in [2.45, 2.75) is 18.2 Å². The molecule has 0 saturated carbocycles. The number of nitrogens with zero attached hydrogens (tertiary/aromatic N) is 1. The molecule has 0 amide bonds. The number of anilines is 1. The van der Waals surface area contributed by atoms with Crippen LogP contribution in [-0.2, 0) is 10.0 Å². The first-order valence-corrected chi connectivity index (χ1v) is 7.06. The third kappa shape index (κ3) is 2.39. The highest BCUT2D eigenvalue weighted by Crippen LogP contribution is 2.22. The van der Waals surface area contributed by atoms with Crippen LogP contribution in [0.5, 0.6) is 0 Å². The molecular formula is C12H15FN2O2S. The normalized spacial score (nSPS) is 17.6. The highest BCUT2D eigenvalue weighted by molar-refractivity contribution is 7.89. The fraction of sp³-hybridized carbons (Fsp3) is 0.333. The van der Waals surface area contributed by atoms with Gasteiger partial charge >= 0.3 is 0 Å². The second-order valence-electron chi connectivity index (χ2n) is 4.36. The number of benzene rings is 1. The second kappa shape index (κ2) is 4.70. The smallest absolute Gasteiger partial charge is 0.243 e. The van der Waals surface area contributed by atoms with Crippen LogP contribution < -0.4 is 5.73 Å². The minimum atomic E-state index is -3.64. The van der Waals surface area contributed by atoms with Gasteiger partial charge < -0.3 is 5.73 Å². The number of nitrogens with two attached hydrogens (primary N) is 1. The average molecular weight is 270 g/mol. The predicted octanol–water partition coefficient (Wildman–Crippen LogP) is 1.75. The number of nitrogen functional groups attached to an aromatic ring is 1. The highest BCUT2D eigenvalue weighted by atomic mass is 32.2. The van der Waals surface area contributed by atoms with E-state index in [-0.39, 0.29) is 10.6 Å². The molecule has 98 valence electrons. The molecule has 18 heavy (non-hydrogen) atoms. The molecule has 2 N–H and O–H groups in total. The standard InChI is InChI=1S/C12H15FN2O2S/c1-9-3-2-6-15(8-9)18(16,17)10-4-5-12(14)11(13)7-10/h3-5,7H,2,6,8,14H2,1H3. The van der Waals surface area contributed by atoms with E-state index in [1.807, 2.05) is 13.0 Å². The summed E-state index contributed by atoms with van der Waals surface area (Å²) < 4.78 is 39.3. The molecule has 4 nitrogen and oxygen atoms in total.